The number of benzene rings is 2. The summed E-state index contributed by atoms with van der Waals surface area (Å²) in [6.45, 7) is 2.15. The summed E-state index contributed by atoms with van der Waals surface area (Å²) in [5, 5.41) is 0. The quantitative estimate of drug-likeness (QED) is 0.619. The lowest BCUT2D eigenvalue weighted by Gasteiger charge is -2.18. The van der Waals surface area contributed by atoms with Crippen molar-refractivity contribution in [3.63, 3.8) is 0 Å². The first kappa shape index (κ1) is 14.8. The van der Waals surface area contributed by atoms with Crippen molar-refractivity contribution in [3.8, 4) is 0 Å². The van der Waals surface area contributed by atoms with Crippen molar-refractivity contribution in [2.45, 2.75) is 25.7 Å². The fourth-order valence-electron chi connectivity index (χ4n) is 3.47. The highest BCUT2D eigenvalue weighted by Crippen LogP contribution is 2.39. The summed E-state index contributed by atoms with van der Waals surface area (Å²) in [6.07, 6.45) is 5.74. The van der Waals surface area contributed by atoms with E-state index in [2.05, 4.69) is 66.5 Å². The van der Waals surface area contributed by atoms with Crippen LogP contribution in [0.1, 0.15) is 41.0 Å². The molecule has 0 saturated carbocycles. The average Bonchev–Trinajstić information content (AvgIpc) is 2.82. The minimum absolute atomic E-state index is 0.388. The van der Waals surface area contributed by atoms with Crippen LogP contribution in [0.25, 0.3) is 0 Å². The number of pyridine rings is 1. The van der Waals surface area contributed by atoms with Crippen LogP contribution in [0.15, 0.2) is 78.0 Å². The molecule has 1 aliphatic rings. The highest BCUT2D eigenvalue weighted by molar-refractivity contribution is 6.02. The topological polar surface area (TPSA) is 25.2 Å². The first-order valence-corrected chi connectivity index (χ1v) is 8.45. The maximum absolute atomic E-state index is 5.00. The Balaban J connectivity index is 1.82. The van der Waals surface area contributed by atoms with Gasteiger partial charge in [0.1, 0.15) is 0 Å². The van der Waals surface area contributed by atoms with E-state index in [-0.39, 0.29) is 0 Å². The Morgan fingerprint density at radius 1 is 0.958 bits per heavy atom. The lowest BCUT2D eigenvalue weighted by atomic mass is 9.86. The molecular weight excluding hydrogens is 292 g/mol. The number of hydrogen-bond donors (Lipinski definition) is 0. The number of hydrogen-bond acceptors (Lipinski definition) is 2. The molecule has 3 aromatic rings. The largest absolute Gasteiger partial charge is 0.264 e. The average molecular weight is 312 g/mol. The van der Waals surface area contributed by atoms with Crippen LogP contribution in [-0.2, 0) is 0 Å². The van der Waals surface area contributed by atoms with Gasteiger partial charge in [-0.05, 0) is 43.0 Å². The molecule has 1 atom stereocenters. The van der Waals surface area contributed by atoms with E-state index in [9.17, 15) is 0 Å². The zero-order valence-electron chi connectivity index (χ0n) is 13.8. The molecule has 2 nitrogen and oxygen atoms in total. The molecule has 0 bridgehead atoms. The van der Waals surface area contributed by atoms with Crippen molar-refractivity contribution in [2.75, 3.05) is 0 Å². The zero-order chi connectivity index (χ0) is 16.4. The molecule has 1 unspecified atom stereocenters. The summed E-state index contributed by atoms with van der Waals surface area (Å²) in [5.41, 5.74) is 7.33. The molecular formula is C22H20N2. The van der Waals surface area contributed by atoms with E-state index < -0.39 is 0 Å². The highest BCUT2D eigenvalue weighted by Gasteiger charge is 2.22. The fraction of sp³-hybridized carbons (Fsp3) is 0.182. The monoisotopic (exact) mass is 312 g/mol. The third-order valence-electron chi connectivity index (χ3n) is 4.68. The summed E-state index contributed by atoms with van der Waals surface area (Å²) < 4.78 is 0. The Bertz CT molecular complexity index is 867. The standard InChI is InChI=1S/C22H20N2/c1-16-9-11-22-20(14-16)19(17-6-3-2-4-7-17)10-12-21(24-22)18-8-5-13-23-15-18/h2-9,11,13-15,19H,10,12H2,1H3. The summed E-state index contributed by atoms with van der Waals surface area (Å²) in [7, 11) is 0. The van der Waals surface area contributed by atoms with Gasteiger partial charge in [0, 0.05) is 29.6 Å². The Kier molecular flexibility index (Phi) is 3.96. The van der Waals surface area contributed by atoms with Crippen LogP contribution in [0.3, 0.4) is 0 Å². The molecule has 0 N–H and O–H groups in total. The number of nitrogens with zero attached hydrogens (tertiary/aromatic N) is 2. The second-order valence-corrected chi connectivity index (χ2v) is 6.36. The molecule has 0 saturated heterocycles. The molecule has 2 heterocycles. The van der Waals surface area contributed by atoms with E-state index in [1.165, 1.54) is 16.7 Å². The maximum atomic E-state index is 5.00. The number of aromatic nitrogens is 1. The molecule has 1 aromatic heterocycles. The van der Waals surface area contributed by atoms with Gasteiger partial charge in [-0.25, -0.2) is 0 Å². The minimum atomic E-state index is 0.388. The van der Waals surface area contributed by atoms with Gasteiger partial charge >= 0.3 is 0 Å². The van der Waals surface area contributed by atoms with E-state index in [0.29, 0.717) is 5.92 Å². The molecule has 24 heavy (non-hydrogen) atoms. The van der Waals surface area contributed by atoms with Gasteiger partial charge in [-0.15, -0.1) is 0 Å². The first-order valence-electron chi connectivity index (χ1n) is 8.45. The molecule has 2 aromatic carbocycles. The van der Waals surface area contributed by atoms with Crippen LogP contribution >= 0.6 is 0 Å². The van der Waals surface area contributed by atoms with Crippen LogP contribution in [-0.4, -0.2) is 10.7 Å². The lowest BCUT2D eigenvalue weighted by molar-refractivity contribution is 0.751. The molecule has 118 valence electrons. The van der Waals surface area contributed by atoms with E-state index in [4.69, 9.17) is 4.99 Å². The Morgan fingerprint density at radius 3 is 2.62 bits per heavy atom. The van der Waals surface area contributed by atoms with Crippen LogP contribution in [0.4, 0.5) is 5.69 Å². The Labute approximate surface area is 142 Å². The SMILES string of the molecule is Cc1ccc2c(c1)C(c1ccccc1)CCC(c1cccnc1)=N2. The summed E-state index contributed by atoms with van der Waals surface area (Å²) in [6, 6.07) is 21.5. The molecule has 0 aliphatic carbocycles. The van der Waals surface area contributed by atoms with E-state index in [0.717, 1.165) is 29.8 Å². The van der Waals surface area contributed by atoms with Crippen LogP contribution in [0.2, 0.25) is 0 Å². The van der Waals surface area contributed by atoms with E-state index in [1.54, 1.807) is 0 Å². The van der Waals surface area contributed by atoms with Gasteiger partial charge < -0.3 is 0 Å². The predicted molar refractivity (Wildman–Crippen MR) is 99.1 cm³/mol. The first-order chi connectivity index (χ1) is 11.8. The summed E-state index contributed by atoms with van der Waals surface area (Å²) >= 11 is 0. The van der Waals surface area contributed by atoms with Crippen molar-refractivity contribution in [1.82, 2.24) is 4.98 Å². The van der Waals surface area contributed by atoms with Crippen molar-refractivity contribution in [2.24, 2.45) is 4.99 Å². The fourth-order valence-corrected chi connectivity index (χ4v) is 3.47. The third kappa shape index (κ3) is 2.88. The number of aryl methyl sites for hydroxylation is 1. The Morgan fingerprint density at radius 2 is 1.83 bits per heavy atom. The lowest BCUT2D eigenvalue weighted by Crippen LogP contribution is -2.04. The van der Waals surface area contributed by atoms with Crippen LogP contribution in [0, 0.1) is 6.92 Å². The second-order valence-electron chi connectivity index (χ2n) is 6.36. The number of rotatable bonds is 2. The van der Waals surface area contributed by atoms with Gasteiger partial charge in [-0.1, -0.05) is 54.1 Å². The Hall–Kier alpha value is -2.74. The third-order valence-corrected chi connectivity index (χ3v) is 4.68. The van der Waals surface area contributed by atoms with Gasteiger partial charge in [0.2, 0.25) is 0 Å². The van der Waals surface area contributed by atoms with Crippen LogP contribution in [0.5, 0.6) is 0 Å². The maximum Gasteiger partial charge on any atom is 0.0671 e. The van der Waals surface area contributed by atoms with Gasteiger partial charge in [-0.2, -0.15) is 0 Å². The molecule has 4 rings (SSSR count). The molecule has 0 radical (unpaired) electrons. The van der Waals surface area contributed by atoms with Gasteiger partial charge in [-0.3, -0.25) is 9.98 Å². The number of fused-ring (bicyclic) bond motifs is 1. The molecule has 0 spiro atoms. The minimum Gasteiger partial charge on any atom is -0.264 e. The van der Waals surface area contributed by atoms with E-state index in [1.807, 2.05) is 18.5 Å². The molecule has 0 fully saturated rings. The number of aliphatic imine (C=N–C) groups is 1. The zero-order valence-corrected chi connectivity index (χ0v) is 13.8. The molecule has 1 aliphatic heterocycles. The van der Waals surface area contributed by atoms with Crippen molar-refractivity contribution < 1.29 is 0 Å². The van der Waals surface area contributed by atoms with E-state index >= 15 is 0 Å². The van der Waals surface area contributed by atoms with Crippen molar-refractivity contribution in [1.29, 1.82) is 0 Å². The summed E-state index contributed by atoms with van der Waals surface area (Å²) in [5.74, 6) is 0.388. The van der Waals surface area contributed by atoms with Crippen molar-refractivity contribution in [3.05, 3.63) is 95.3 Å². The molecule has 2 heteroatoms. The van der Waals surface area contributed by atoms with Gasteiger partial charge in [0.15, 0.2) is 0 Å². The second kappa shape index (κ2) is 6.40. The van der Waals surface area contributed by atoms with Gasteiger partial charge in [0.05, 0.1) is 5.69 Å². The van der Waals surface area contributed by atoms with Gasteiger partial charge in [0.25, 0.3) is 0 Å². The smallest absolute Gasteiger partial charge is 0.0671 e. The van der Waals surface area contributed by atoms with Crippen molar-refractivity contribution >= 4 is 11.4 Å². The van der Waals surface area contributed by atoms with Crippen LogP contribution < -0.4 is 0 Å². The molecule has 0 amide bonds. The highest BCUT2D eigenvalue weighted by atomic mass is 14.8. The summed E-state index contributed by atoms with van der Waals surface area (Å²) in [4.78, 5) is 9.26. The predicted octanol–water partition coefficient (Wildman–Crippen LogP) is 5.44. The normalized spacial score (nSPS) is 16.9.